The summed E-state index contributed by atoms with van der Waals surface area (Å²) in [5.41, 5.74) is 0.801. The van der Waals surface area contributed by atoms with Crippen molar-refractivity contribution in [3.05, 3.63) is 52.4 Å². The lowest BCUT2D eigenvalue weighted by molar-refractivity contribution is 0.461. The molecule has 0 aliphatic rings. The summed E-state index contributed by atoms with van der Waals surface area (Å²) in [4.78, 5) is 12.0. The van der Waals surface area contributed by atoms with Crippen LogP contribution in [0.2, 0.25) is 0 Å². The monoisotopic (exact) mass is 254 g/mol. The van der Waals surface area contributed by atoms with Gasteiger partial charge < -0.3 is 9.52 Å². The molecule has 0 amide bonds. The van der Waals surface area contributed by atoms with Gasteiger partial charge >= 0.3 is 5.63 Å². The highest BCUT2D eigenvalue weighted by molar-refractivity contribution is 6.05. The van der Waals surface area contributed by atoms with Gasteiger partial charge in [-0.15, -0.1) is 0 Å². The van der Waals surface area contributed by atoms with Gasteiger partial charge in [-0.3, -0.25) is 0 Å². The van der Waals surface area contributed by atoms with Crippen molar-refractivity contribution in [2.45, 2.75) is 19.8 Å². The third-order valence-corrected chi connectivity index (χ3v) is 3.38. The van der Waals surface area contributed by atoms with Gasteiger partial charge in [-0.1, -0.05) is 32.0 Å². The summed E-state index contributed by atoms with van der Waals surface area (Å²) >= 11 is 0. The van der Waals surface area contributed by atoms with Crippen LogP contribution in [0.3, 0.4) is 0 Å². The molecule has 3 aromatic rings. The average molecular weight is 254 g/mol. The van der Waals surface area contributed by atoms with E-state index in [-0.39, 0.29) is 17.3 Å². The first-order chi connectivity index (χ1) is 9.09. The van der Waals surface area contributed by atoms with Gasteiger partial charge in [0.2, 0.25) is 0 Å². The quantitative estimate of drug-likeness (QED) is 0.531. The Labute approximate surface area is 110 Å². The van der Waals surface area contributed by atoms with Crippen LogP contribution in [0.1, 0.15) is 25.3 Å². The molecule has 0 saturated heterocycles. The van der Waals surface area contributed by atoms with Crippen molar-refractivity contribution in [1.29, 1.82) is 0 Å². The lowest BCUT2D eigenvalue weighted by Crippen LogP contribution is -2.02. The maximum Gasteiger partial charge on any atom is 0.344 e. The zero-order valence-corrected chi connectivity index (χ0v) is 10.8. The van der Waals surface area contributed by atoms with Gasteiger partial charge in [-0.2, -0.15) is 0 Å². The van der Waals surface area contributed by atoms with Crippen LogP contribution in [0.5, 0.6) is 5.75 Å². The highest BCUT2D eigenvalue weighted by atomic mass is 16.4. The van der Waals surface area contributed by atoms with Crippen molar-refractivity contribution >= 4 is 21.7 Å². The summed E-state index contributed by atoms with van der Waals surface area (Å²) in [6.07, 6.45) is 0. The average Bonchev–Trinajstić information content (AvgIpc) is 2.38. The third kappa shape index (κ3) is 1.70. The minimum Gasteiger partial charge on any atom is -0.508 e. The van der Waals surface area contributed by atoms with Crippen LogP contribution in [0, 0.1) is 0 Å². The molecule has 0 fully saturated rings. The highest BCUT2D eigenvalue weighted by Crippen LogP contribution is 2.35. The summed E-state index contributed by atoms with van der Waals surface area (Å²) < 4.78 is 5.43. The lowest BCUT2D eigenvalue weighted by Gasteiger charge is -2.12. The molecule has 0 saturated carbocycles. The highest BCUT2D eigenvalue weighted by Gasteiger charge is 2.16. The molecular formula is C16H14O3. The Kier molecular flexibility index (Phi) is 2.56. The van der Waals surface area contributed by atoms with E-state index in [4.69, 9.17) is 4.42 Å². The van der Waals surface area contributed by atoms with Crippen molar-refractivity contribution in [2.24, 2.45) is 0 Å². The maximum absolute atomic E-state index is 12.0. The van der Waals surface area contributed by atoms with Gasteiger partial charge in [-0.25, -0.2) is 4.79 Å². The van der Waals surface area contributed by atoms with Gasteiger partial charge in [0.15, 0.2) is 0 Å². The van der Waals surface area contributed by atoms with Crippen LogP contribution in [-0.2, 0) is 0 Å². The van der Waals surface area contributed by atoms with Crippen LogP contribution in [-0.4, -0.2) is 5.11 Å². The largest absolute Gasteiger partial charge is 0.508 e. The first-order valence-corrected chi connectivity index (χ1v) is 6.27. The number of phenols is 1. The lowest BCUT2D eigenvalue weighted by atomic mass is 9.97. The first kappa shape index (κ1) is 11.8. The fourth-order valence-electron chi connectivity index (χ4n) is 2.51. The molecule has 96 valence electrons. The van der Waals surface area contributed by atoms with E-state index in [9.17, 15) is 9.90 Å². The molecular weight excluding hydrogens is 240 g/mol. The van der Waals surface area contributed by atoms with E-state index in [1.54, 1.807) is 18.2 Å². The third-order valence-electron chi connectivity index (χ3n) is 3.38. The van der Waals surface area contributed by atoms with Crippen molar-refractivity contribution in [3.8, 4) is 5.75 Å². The standard InChI is InChI=1S/C16H14O3/c1-9(2)14-13(17)8-7-11-10-5-3-4-6-12(10)16(18)19-15(11)14/h3-9,17H,1-2H3. The van der Waals surface area contributed by atoms with Crippen molar-refractivity contribution < 1.29 is 9.52 Å². The molecule has 1 N–H and O–H groups in total. The molecule has 2 aromatic carbocycles. The van der Waals surface area contributed by atoms with E-state index in [1.807, 2.05) is 32.0 Å². The summed E-state index contributed by atoms with van der Waals surface area (Å²) in [6, 6.07) is 10.8. The van der Waals surface area contributed by atoms with Crippen molar-refractivity contribution in [1.82, 2.24) is 0 Å². The second kappa shape index (κ2) is 4.12. The van der Waals surface area contributed by atoms with E-state index in [0.717, 1.165) is 10.8 Å². The fourth-order valence-corrected chi connectivity index (χ4v) is 2.51. The van der Waals surface area contributed by atoms with Gasteiger partial charge in [-0.05, 0) is 29.5 Å². The molecule has 3 rings (SSSR count). The Bertz CT molecular complexity index is 828. The van der Waals surface area contributed by atoms with Gasteiger partial charge in [0.05, 0.1) is 5.39 Å². The summed E-state index contributed by atoms with van der Waals surface area (Å²) in [5, 5.41) is 12.3. The predicted octanol–water partition coefficient (Wildman–Crippen LogP) is 3.78. The van der Waals surface area contributed by atoms with Gasteiger partial charge in [0.25, 0.3) is 0 Å². The molecule has 0 aliphatic carbocycles. The zero-order chi connectivity index (χ0) is 13.6. The van der Waals surface area contributed by atoms with Crippen molar-refractivity contribution in [3.63, 3.8) is 0 Å². The molecule has 0 radical (unpaired) electrons. The Morgan fingerprint density at radius 3 is 2.37 bits per heavy atom. The topological polar surface area (TPSA) is 50.4 Å². The Hall–Kier alpha value is -2.29. The van der Waals surface area contributed by atoms with E-state index >= 15 is 0 Å². The summed E-state index contributed by atoms with van der Waals surface area (Å²) in [5.74, 6) is 0.244. The second-order valence-electron chi connectivity index (χ2n) is 4.96. The minimum absolute atomic E-state index is 0.0769. The van der Waals surface area contributed by atoms with Gasteiger partial charge in [0.1, 0.15) is 11.3 Å². The van der Waals surface area contributed by atoms with Crippen LogP contribution in [0.4, 0.5) is 0 Å². The number of phenolic OH excluding ortho intramolecular Hbond substituents is 1. The SMILES string of the molecule is CC(C)c1c(O)ccc2c1oc(=O)c1ccccc12. The number of hydrogen-bond donors (Lipinski definition) is 1. The molecule has 0 aliphatic heterocycles. The minimum atomic E-state index is -0.365. The Morgan fingerprint density at radius 1 is 1.00 bits per heavy atom. The molecule has 0 spiro atoms. The maximum atomic E-state index is 12.0. The smallest absolute Gasteiger partial charge is 0.344 e. The predicted molar refractivity (Wildman–Crippen MR) is 75.7 cm³/mol. The second-order valence-corrected chi connectivity index (χ2v) is 4.96. The van der Waals surface area contributed by atoms with Gasteiger partial charge in [0, 0.05) is 10.9 Å². The van der Waals surface area contributed by atoms with Crippen LogP contribution in [0.25, 0.3) is 21.7 Å². The number of benzene rings is 2. The van der Waals surface area contributed by atoms with E-state index in [2.05, 4.69) is 0 Å². The molecule has 3 heteroatoms. The zero-order valence-electron chi connectivity index (χ0n) is 10.8. The Balaban J connectivity index is 2.60. The van der Waals surface area contributed by atoms with Crippen LogP contribution >= 0.6 is 0 Å². The van der Waals surface area contributed by atoms with E-state index in [1.165, 1.54) is 0 Å². The number of aromatic hydroxyl groups is 1. The fraction of sp³-hybridized carbons (Fsp3) is 0.188. The molecule has 19 heavy (non-hydrogen) atoms. The van der Waals surface area contributed by atoms with Crippen LogP contribution < -0.4 is 5.63 Å². The first-order valence-electron chi connectivity index (χ1n) is 6.27. The Morgan fingerprint density at radius 2 is 1.68 bits per heavy atom. The number of rotatable bonds is 1. The van der Waals surface area contributed by atoms with E-state index in [0.29, 0.717) is 16.5 Å². The van der Waals surface area contributed by atoms with Crippen molar-refractivity contribution in [2.75, 3.05) is 0 Å². The van der Waals surface area contributed by atoms with Crippen LogP contribution in [0.15, 0.2) is 45.6 Å². The normalized spacial score (nSPS) is 11.5. The summed E-state index contributed by atoms with van der Waals surface area (Å²) in [7, 11) is 0. The number of fused-ring (bicyclic) bond motifs is 3. The molecule has 3 nitrogen and oxygen atoms in total. The molecule has 1 heterocycles. The molecule has 0 atom stereocenters. The van der Waals surface area contributed by atoms with E-state index < -0.39 is 0 Å². The molecule has 0 unspecified atom stereocenters. The molecule has 1 aromatic heterocycles. The molecule has 0 bridgehead atoms. The number of hydrogen-bond acceptors (Lipinski definition) is 3. The summed E-state index contributed by atoms with van der Waals surface area (Å²) in [6.45, 7) is 3.92.